The summed E-state index contributed by atoms with van der Waals surface area (Å²) in [6, 6.07) is 17.8. The molecule has 0 fully saturated rings. The molecule has 2 heteroatoms. The second kappa shape index (κ2) is 6.97. The number of aryl methyl sites for hydroxylation is 1. The average molecular weight is 248 g/mol. The molecular weight excluding hydrogens is 230 g/mol. The monoisotopic (exact) mass is 247 g/mol. The number of alkyl halides is 1. The lowest BCUT2D eigenvalue weighted by atomic mass is 10.1. The van der Waals surface area contributed by atoms with Gasteiger partial charge in [-0.3, -0.25) is 0 Å². The van der Waals surface area contributed by atoms with Gasteiger partial charge in [0.05, 0.1) is 5.38 Å². The first-order chi connectivity index (χ1) is 8.09. The quantitative estimate of drug-likeness (QED) is 0.580. The summed E-state index contributed by atoms with van der Waals surface area (Å²) in [4.78, 5) is 0. The molecule has 0 saturated heterocycles. The van der Waals surface area contributed by atoms with Crippen LogP contribution in [0.5, 0.6) is 0 Å². The summed E-state index contributed by atoms with van der Waals surface area (Å²) >= 11 is 5.86. The highest BCUT2D eigenvalue weighted by molar-refractivity contribution is 6.20. The van der Waals surface area contributed by atoms with Gasteiger partial charge in [-0.2, -0.15) is 0 Å². The maximum atomic E-state index is 5.86. The van der Waals surface area contributed by atoms with Crippen LogP contribution in [0.2, 0.25) is 0 Å². The van der Waals surface area contributed by atoms with Crippen LogP contribution < -0.4 is 5.73 Å². The molecule has 0 saturated carbocycles. The van der Waals surface area contributed by atoms with Crippen molar-refractivity contribution in [3.63, 3.8) is 0 Å². The van der Waals surface area contributed by atoms with E-state index in [4.69, 9.17) is 17.3 Å². The fraction of sp³-hybridized carbons (Fsp3) is 0.200. The van der Waals surface area contributed by atoms with E-state index in [1.165, 1.54) is 11.1 Å². The van der Waals surface area contributed by atoms with Crippen LogP contribution in [0.25, 0.3) is 0 Å². The summed E-state index contributed by atoms with van der Waals surface area (Å²) in [7, 11) is 0. The second-order valence-electron chi connectivity index (χ2n) is 3.94. The van der Waals surface area contributed by atoms with E-state index in [0.29, 0.717) is 0 Å². The van der Waals surface area contributed by atoms with Crippen LogP contribution in [0.15, 0.2) is 54.6 Å². The first-order valence-electron chi connectivity index (χ1n) is 5.60. The van der Waals surface area contributed by atoms with E-state index in [1.807, 2.05) is 37.3 Å². The van der Waals surface area contributed by atoms with Crippen molar-refractivity contribution in [2.24, 2.45) is 0 Å². The molecule has 0 bridgehead atoms. The minimum absolute atomic E-state index is 0.126. The highest BCUT2D eigenvalue weighted by atomic mass is 35.5. The number of nitrogens with two attached hydrogens (primary N) is 1. The van der Waals surface area contributed by atoms with Crippen molar-refractivity contribution < 1.29 is 0 Å². The summed E-state index contributed by atoms with van der Waals surface area (Å²) < 4.78 is 0. The van der Waals surface area contributed by atoms with Crippen LogP contribution in [0.1, 0.15) is 23.4 Å². The Kier molecular flexibility index (Phi) is 5.58. The van der Waals surface area contributed by atoms with E-state index >= 15 is 0 Å². The zero-order chi connectivity index (χ0) is 12.7. The van der Waals surface area contributed by atoms with E-state index in [1.54, 1.807) is 0 Å². The molecular formula is C15H18ClN. The van der Waals surface area contributed by atoms with E-state index < -0.39 is 0 Å². The van der Waals surface area contributed by atoms with Gasteiger partial charge in [0.15, 0.2) is 0 Å². The Balaban J connectivity index is 0.000000181. The minimum Gasteiger partial charge on any atom is -0.399 e. The first-order valence-corrected chi connectivity index (χ1v) is 6.04. The van der Waals surface area contributed by atoms with Crippen LogP contribution in [0.4, 0.5) is 5.69 Å². The lowest BCUT2D eigenvalue weighted by Crippen LogP contribution is -1.82. The fourth-order valence-electron chi connectivity index (χ4n) is 1.28. The molecule has 90 valence electrons. The van der Waals surface area contributed by atoms with E-state index in [0.717, 1.165) is 5.69 Å². The van der Waals surface area contributed by atoms with Gasteiger partial charge >= 0.3 is 0 Å². The van der Waals surface area contributed by atoms with E-state index in [2.05, 4.69) is 31.2 Å². The molecule has 0 amide bonds. The van der Waals surface area contributed by atoms with Crippen LogP contribution in [-0.2, 0) is 0 Å². The van der Waals surface area contributed by atoms with Crippen molar-refractivity contribution in [3.8, 4) is 0 Å². The Morgan fingerprint density at radius 2 is 1.47 bits per heavy atom. The molecule has 1 unspecified atom stereocenters. The number of para-hydroxylation sites is 1. The van der Waals surface area contributed by atoms with Gasteiger partial charge in [-0.15, -0.1) is 11.6 Å². The molecule has 1 atom stereocenters. The Labute approximate surface area is 108 Å². The summed E-state index contributed by atoms with van der Waals surface area (Å²) in [5.74, 6) is 0. The molecule has 0 aliphatic rings. The normalized spacial score (nSPS) is 11.2. The third-order valence-corrected chi connectivity index (χ3v) is 2.59. The molecule has 0 aliphatic heterocycles. The van der Waals surface area contributed by atoms with Gasteiger partial charge in [-0.05, 0) is 31.5 Å². The van der Waals surface area contributed by atoms with E-state index in [9.17, 15) is 0 Å². The molecule has 0 spiro atoms. The van der Waals surface area contributed by atoms with Crippen molar-refractivity contribution in [3.05, 3.63) is 65.7 Å². The number of anilines is 1. The van der Waals surface area contributed by atoms with E-state index in [-0.39, 0.29) is 5.38 Å². The van der Waals surface area contributed by atoms with Gasteiger partial charge in [0.25, 0.3) is 0 Å². The third-order valence-electron chi connectivity index (χ3n) is 2.34. The van der Waals surface area contributed by atoms with Crippen molar-refractivity contribution in [2.45, 2.75) is 19.2 Å². The standard InChI is InChI=1S/C9H11Cl.C6H7N/c1-7-3-5-9(6-4-7)8(2)10;7-6-4-2-1-3-5-6/h3-6,8H,1-2H3;1-5H,7H2. The maximum absolute atomic E-state index is 5.86. The summed E-state index contributed by atoms with van der Waals surface area (Å²) in [6.07, 6.45) is 0. The number of halogens is 1. The molecule has 2 aromatic carbocycles. The second-order valence-corrected chi connectivity index (χ2v) is 4.59. The Bertz CT molecular complexity index is 420. The molecule has 2 N–H and O–H groups in total. The Morgan fingerprint density at radius 1 is 0.941 bits per heavy atom. The first kappa shape index (κ1) is 13.6. The van der Waals surface area contributed by atoms with Crippen LogP contribution in [-0.4, -0.2) is 0 Å². The van der Waals surface area contributed by atoms with Crippen molar-refractivity contribution >= 4 is 17.3 Å². The molecule has 2 aromatic rings. The lowest BCUT2D eigenvalue weighted by molar-refractivity contribution is 1.08. The Hall–Kier alpha value is -1.47. The van der Waals surface area contributed by atoms with Crippen LogP contribution in [0, 0.1) is 6.92 Å². The predicted molar refractivity (Wildman–Crippen MR) is 76.3 cm³/mol. The van der Waals surface area contributed by atoms with Gasteiger partial charge in [0.2, 0.25) is 0 Å². The van der Waals surface area contributed by atoms with Gasteiger partial charge < -0.3 is 5.73 Å². The summed E-state index contributed by atoms with van der Waals surface area (Å²) in [6.45, 7) is 4.05. The highest BCUT2D eigenvalue weighted by Gasteiger charge is 1.97. The van der Waals surface area contributed by atoms with Crippen molar-refractivity contribution in [1.29, 1.82) is 0 Å². The third kappa shape index (κ3) is 5.41. The van der Waals surface area contributed by atoms with Gasteiger partial charge in [-0.25, -0.2) is 0 Å². The van der Waals surface area contributed by atoms with Crippen LogP contribution >= 0.6 is 11.6 Å². The molecule has 0 heterocycles. The zero-order valence-electron chi connectivity index (χ0n) is 10.2. The molecule has 1 nitrogen and oxygen atoms in total. The van der Waals surface area contributed by atoms with Gasteiger partial charge in [0.1, 0.15) is 0 Å². The predicted octanol–water partition coefficient (Wildman–Crippen LogP) is 4.56. The highest BCUT2D eigenvalue weighted by Crippen LogP contribution is 2.18. The molecule has 2 rings (SSSR count). The smallest absolute Gasteiger partial charge is 0.0557 e. The van der Waals surface area contributed by atoms with Gasteiger partial charge in [-0.1, -0.05) is 48.0 Å². The topological polar surface area (TPSA) is 26.0 Å². The molecule has 0 radical (unpaired) electrons. The molecule has 17 heavy (non-hydrogen) atoms. The number of nitrogen functional groups attached to an aromatic ring is 1. The van der Waals surface area contributed by atoms with Crippen molar-refractivity contribution in [1.82, 2.24) is 0 Å². The molecule has 0 aromatic heterocycles. The van der Waals surface area contributed by atoms with Crippen molar-refractivity contribution in [2.75, 3.05) is 5.73 Å². The molecule has 0 aliphatic carbocycles. The largest absolute Gasteiger partial charge is 0.399 e. The summed E-state index contributed by atoms with van der Waals surface area (Å²) in [5, 5.41) is 0.126. The van der Waals surface area contributed by atoms with Crippen LogP contribution in [0.3, 0.4) is 0 Å². The number of benzene rings is 2. The maximum Gasteiger partial charge on any atom is 0.0557 e. The lowest BCUT2D eigenvalue weighted by Gasteiger charge is -2.01. The number of hydrogen-bond acceptors (Lipinski definition) is 1. The summed E-state index contributed by atoms with van der Waals surface area (Å²) in [5.41, 5.74) is 8.65. The zero-order valence-corrected chi connectivity index (χ0v) is 11.0. The Morgan fingerprint density at radius 3 is 1.82 bits per heavy atom. The van der Waals surface area contributed by atoms with Gasteiger partial charge in [0, 0.05) is 5.69 Å². The fourth-order valence-corrected chi connectivity index (χ4v) is 1.43. The minimum atomic E-state index is 0.126. The number of rotatable bonds is 1. The average Bonchev–Trinajstić information content (AvgIpc) is 2.31. The SMILES string of the molecule is Cc1ccc(C(C)Cl)cc1.Nc1ccccc1. The number of hydrogen-bond donors (Lipinski definition) is 1.